The zero-order valence-corrected chi connectivity index (χ0v) is 17.4. The third kappa shape index (κ3) is 2.82. The number of aromatic nitrogens is 3. The second-order valence-electron chi connectivity index (χ2n) is 8.47. The van der Waals surface area contributed by atoms with Gasteiger partial charge in [0.1, 0.15) is 0 Å². The van der Waals surface area contributed by atoms with Crippen molar-refractivity contribution in [2.75, 3.05) is 5.88 Å². The first-order valence-corrected chi connectivity index (χ1v) is 10.5. The maximum atomic E-state index is 10.4. The molecular weight excluding hydrogens is 382 g/mol. The van der Waals surface area contributed by atoms with Gasteiger partial charge in [0, 0.05) is 16.5 Å². The van der Waals surface area contributed by atoms with E-state index in [0.29, 0.717) is 6.54 Å². The van der Waals surface area contributed by atoms with E-state index < -0.39 is 6.10 Å². The SMILES string of the molecule is CC1(C)Cc2c(cnn2-c2ccccc2)-c2c1c1ccccc1n2C[C@H](O)CCl. The molecule has 0 fully saturated rings. The molecule has 0 saturated heterocycles. The number of rotatable bonds is 4. The van der Waals surface area contributed by atoms with Gasteiger partial charge in [0.25, 0.3) is 0 Å². The van der Waals surface area contributed by atoms with E-state index in [-0.39, 0.29) is 11.3 Å². The van der Waals surface area contributed by atoms with Crippen molar-refractivity contribution in [3.8, 4) is 16.9 Å². The molecule has 0 aliphatic heterocycles. The van der Waals surface area contributed by atoms with E-state index in [1.807, 2.05) is 24.4 Å². The van der Waals surface area contributed by atoms with Gasteiger partial charge in [0.15, 0.2) is 0 Å². The second kappa shape index (κ2) is 6.75. The zero-order valence-electron chi connectivity index (χ0n) is 16.6. The van der Waals surface area contributed by atoms with Crippen molar-refractivity contribution < 1.29 is 5.11 Å². The summed E-state index contributed by atoms with van der Waals surface area (Å²) in [5, 5.41) is 16.4. The average Bonchev–Trinajstić information content (AvgIpc) is 3.28. The summed E-state index contributed by atoms with van der Waals surface area (Å²) in [6.07, 6.45) is 2.27. The third-order valence-corrected chi connectivity index (χ3v) is 6.31. The van der Waals surface area contributed by atoms with Gasteiger partial charge in [-0.25, -0.2) is 4.68 Å². The smallest absolute Gasteiger partial charge is 0.0854 e. The molecule has 2 aromatic carbocycles. The van der Waals surface area contributed by atoms with Crippen LogP contribution in [0, 0.1) is 0 Å². The predicted molar refractivity (Wildman–Crippen MR) is 118 cm³/mol. The van der Waals surface area contributed by atoms with Crippen molar-refractivity contribution in [2.24, 2.45) is 0 Å². The minimum atomic E-state index is -0.603. The molecule has 0 bridgehead atoms. The van der Waals surface area contributed by atoms with Gasteiger partial charge in [-0.15, -0.1) is 11.6 Å². The first kappa shape index (κ1) is 18.5. The van der Waals surface area contributed by atoms with Crippen LogP contribution in [0.1, 0.15) is 25.1 Å². The van der Waals surface area contributed by atoms with Crippen LogP contribution in [0.2, 0.25) is 0 Å². The molecule has 2 aromatic heterocycles. The minimum Gasteiger partial charge on any atom is -0.390 e. The van der Waals surface area contributed by atoms with Crippen molar-refractivity contribution in [2.45, 2.75) is 38.3 Å². The first-order valence-electron chi connectivity index (χ1n) is 9.99. The molecule has 1 aliphatic rings. The molecule has 1 N–H and O–H groups in total. The van der Waals surface area contributed by atoms with E-state index in [1.165, 1.54) is 16.6 Å². The average molecular weight is 406 g/mol. The van der Waals surface area contributed by atoms with Crippen LogP contribution in [0.4, 0.5) is 0 Å². The Labute approximate surface area is 175 Å². The normalized spacial score (nSPS) is 15.9. The van der Waals surface area contributed by atoms with Gasteiger partial charge >= 0.3 is 0 Å². The lowest BCUT2D eigenvalue weighted by molar-refractivity contribution is 0.179. The predicted octanol–water partition coefficient (Wildman–Crippen LogP) is 4.93. The Morgan fingerprint density at radius 1 is 1.10 bits per heavy atom. The molecule has 0 radical (unpaired) electrons. The Morgan fingerprint density at radius 3 is 2.59 bits per heavy atom. The number of nitrogens with zero attached hydrogens (tertiary/aromatic N) is 3. The van der Waals surface area contributed by atoms with Crippen LogP contribution in [0.5, 0.6) is 0 Å². The number of benzene rings is 2. The fraction of sp³-hybridized carbons (Fsp3) is 0.292. The monoisotopic (exact) mass is 405 g/mol. The summed E-state index contributed by atoms with van der Waals surface area (Å²) < 4.78 is 4.29. The molecule has 4 nitrogen and oxygen atoms in total. The third-order valence-electron chi connectivity index (χ3n) is 5.95. The van der Waals surface area contributed by atoms with Crippen molar-refractivity contribution in [1.29, 1.82) is 0 Å². The molecule has 2 heterocycles. The Hall–Kier alpha value is -2.56. The standard InChI is InChI=1S/C24H24ClN3O/c1-24(2)12-21-19(14-26-28(21)16-8-4-3-5-9-16)23-22(24)18-10-6-7-11-20(18)27(23)15-17(29)13-25/h3-11,14,17,29H,12-13,15H2,1-2H3/t17-/m1/s1. The molecule has 1 aliphatic carbocycles. The van der Waals surface area contributed by atoms with Crippen LogP contribution >= 0.6 is 11.6 Å². The summed E-state index contributed by atoms with van der Waals surface area (Å²) in [7, 11) is 0. The molecule has 0 saturated carbocycles. The van der Waals surface area contributed by atoms with E-state index in [4.69, 9.17) is 16.7 Å². The Kier molecular flexibility index (Phi) is 4.30. The lowest BCUT2D eigenvalue weighted by atomic mass is 9.73. The van der Waals surface area contributed by atoms with Crippen molar-refractivity contribution in [1.82, 2.24) is 14.3 Å². The highest BCUT2D eigenvalue weighted by atomic mass is 35.5. The summed E-state index contributed by atoms with van der Waals surface area (Å²) in [6.45, 7) is 5.06. The molecule has 148 valence electrons. The lowest BCUT2D eigenvalue weighted by Crippen LogP contribution is -2.28. The zero-order chi connectivity index (χ0) is 20.2. The Bertz CT molecular complexity index is 1190. The molecule has 0 unspecified atom stereocenters. The quantitative estimate of drug-likeness (QED) is 0.489. The van der Waals surface area contributed by atoms with E-state index in [1.54, 1.807) is 0 Å². The summed E-state index contributed by atoms with van der Waals surface area (Å²) in [4.78, 5) is 0. The minimum absolute atomic E-state index is 0.0638. The fourth-order valence-corrected chi connectivity index (χ4v) is 4.86. The van der Waals surface area contributed by atoms with E-state index in [9.17, 15) is 5.11 Å². The Morgan fingerprint density at radius 2 is 1.83 bits per heavy atom. The number of fused-ring (bicyclic) bond motifs is 5. The fourth-order valence-electron chi connectivity index (χ4n) is 4.76. The highest BCUT2D eigenvalue weighted by Gasteiger charge is 2.38. The summed E-state index contributed by atoms with van der Waals surface area (Å²) in [6, 6.07) is 18.7. The molecular formula is C24H24ClN3O. The lowest BCUT2D eigenvalue weighted by Gasteiger charge is -2.32. The van der Waals surface area contributed by atoms with Gasteiger partial charge in [-0.05, 0) is 35.6 Å². The number of hydrogen-bond acceptors (Lipinski definition) is 2. The van der Waals surface area contributed by atoms with Crippen LogP contribution in [0.15, 0.2) is 60.8 Å². The van der Waals surface area contributed by atoms with Gasteiger partial charge in [-0.1, -0.05) is 50.2 Å². The summed E-state index contributed by atoms with van der Waals surface area (Å²) in [5.41, 5.74) is 6.97. The van der Waals surface area contributed by atoms with Crippen LogP contribution in [-0.2, 0) is 18.4 Å². The topological polar surface area (TPSA) is 43.0 Å². The maximum Gasteiger partial charge on any atom is 0.0854 e. The Balaban J connectivity index is 1.82. The van der Waals surface area contributed by atoms with E-state index >= 15 is 0 Å². The molecule has 5 rings (SSSR count). The molecule has 0 spiro atoms. The van der Waals surface area contributed by atoms with Crippen molar-refractivity contribution in [3.05, 3.63) is 72.1 Å². The van der Waals surface area contributed by atoms with Crippen LogP contribution < -0.4 is 0 Å². The van der Waals surface area contributed by atoms with Crippen molar-refractivity contribution >= 4 is 22.5 Å². The largest absolute Gasteiger partial charge is 0.390 e. The number of halogens is 1. The number of hydrogen-bond donors (Lipinski definition) is 1. The van der Waals surface area contributed by atoms with Crippen molar-refractivity contribution in [3.63, 3.8) is 0 Å². The number of para-hydroxylation sites is 2. The highest BCUT2D eigenvalue weighted by Crippen LogP contribution is 2.48. The summed E-state index contributed by atoms with van der Waals surface area (Å²) in [5.74, 6) is 0.209. The molecule has 5 heteroatoms. The van der Waals surface area contributed by atoms with Gasteiger partial charge in [-0.3, -0.25) is 0 Å². The molecule has 0 amide bonds. The molecule has 29 heavy (non-hydrogen) atoms. The van der Waals surface area contributed by atoms with Gasteiger partial charge in [0.05, 0.1) is 41.8 Å². The van der Waals surface area contributed by atoms with Crippen LogP contribution in [0.25, 0.3) is 27.8 Å². The number of alkyl halides is 1. The number of aliphatic hydroxyl groups is 1. The second-order valence-corrected chi connectivity index (χ2v) is 8.78. The molecule has 1 atom stereocenters. The molecule has 4 aromatic rings. The van der Waals surface area contributed by atoms with Crippen LogP contribution in [-0.4, -0.2) is 31.4 Å². The van der Waals surface area contributed by atoms with E-state index in [2.05, 4.69) is 59.5 Å². The van der Waals surface area contributed by atoms with Gasteiger partial charge < -0.3 is 9.67 Å². The van der Waals surface area contributed by atoms with Gasteiger partial charge in [0.2, 0.25) is 0 Å². The first-order chi connectivity index (χ1) is 14.0. The van der Waals surface area contributed by atoms with Crippen LogP contribution in [0.3, 0.4) is 0 Å². The number of aliphatic hydroxyl groups excluding tert-OH is 1. The summed E-state index contributed by atoms with van der Waals surface area (Å²) >= 11 is 5.96. The highest BCUT2D eigenvalue weighted by molar-refractivity contribution is 6.18. The van der Waals surface area contributed by atoms with E-state index in [0.717, 1.165) is 28.9 Å². The van der Waals surface area contributed by atoms with Gasteiger partial charge in [-0.2, -0.15) is 5.10 Å². The maximum absolute atomic E-state index is 10.4.